The fourth-order valence-electron chi connectivity index (χ4n) is 3.02. The molecule has 0 radical (unpaired) electrons. The molecular weight excluding hydrogens is 473 g/mol. The van der Waals surface area contributed by atoms with E-state index >= 15 is 0 Å². The van der Waals surface area contributed by atoms with Crippen LogP contribution in [0.5, 0.6) is 11.5 Å². The van der Waals surface area contributed by atoms with E-state index in [1.54, 1.807) is 48.5 Å². The van der Waals surface area contributed by atoms with Crippen LogP contribution in [-0.2, 0) is 19.7 Å². The molecule has 0 aliphatic carbocycles. The number of aromatic carboxylic acids is 1. The van der Waals surface area contributed by atoms with E-state index in [-0.39, 0.29) is 12.2 Å². The van der Waals surface area contributed by atoms with Crippen molar-refractivity contribution in [2.45, 2.75) is 26.6 Å². The first kappa shape index (κ1) is 24.2. The summed E-state index contributed by atoms with van der Waals surface area (Å²) in [6.45, 7) is 3.59. The summed E-state index contributed by atoms with van der Waals surface area (Å²) in [6.07, 6.45) is 0. The van der Waals surface area contributed by atoms with Crippen LogP contribution in [0.2, 0.25) is 15.1 Å². The molecule has 0 aliphatic heterocycles. The molecule has 0 aromatic heterocycles. The normalized spacial score (nSPS) is 10.8. The van der Waals surface area contributed by atoms with Gasteiger partial charge in [-0.25, -0.2) is 4.79 Å². The topological polar surface area (TPSA) is 67.8 Å². The Morgan fingerprint density at radius 3 is 2.19 bits per heavy atom. The summed E-state index contributed by atoms with van der Waals surface area (Å²) in [6, 6.07) is 15.6. The smallest absolute Gasteiger partial charge is 0.335 e. The Morgan fingerprint density at radius 2 is 1.56 bits per heavy atom. The van der Waals surface area contributed by atoms with Crippen LogP contribution in [0.15, 0.2) is 54.6 Å². The second kappa shape index (κ2) is 11.4. The van der Waals surface area contributed by atoms with Crippen LogP contribution < -0.4 is 14.8 Å². The van der Waals surface area contributed by atoms with Crippen molar-refractivity contribution in [1.82, 2.24) is 5.32 Å². The molecule has 0 spiro atoms. The monoisotopic (exact) mass is 493 g/mol. The van der Waals surface area contributed by atoms with Crippen molar-refractivity contribution in [3.05, 3.63) is 91.9 Å². The second-order valence-electron chi connectivity index (χ2n) is 6.92. The van der Waals surface area contributed by atoms with Gasteiger partial charge >= 0.3 is 5.97 Å². The number of carboxylic acids is 1. The second-order valence-corrected chi connectivity index (χ2v) is 8.14. The Morgan fingerprint density at radius 1 is 0.906 bits per heavy atom. The first-order valence-electron chi connectivity index (χ1n) is 9.93. The van der Waals surface area contributed by atoms with E-state index in [9.17, 15) is 4.79 Å². The summed E-state index contributed by atoms with van der Waals surface area (Å²) in [5.41, 5.74) is 2.76. The van der Waals surface area contributed by atoms with Gasteiger partial charge in [-0.1, -0.05) is 53.0 Å². The van der Waals surface area contributed by atoms with Gasteiger partial charge in [-0.2, -0.15) is 0 Å². The average Bonchev–Trinajstić information content (AvgIpc) is 2.76. The van der Waals surface area contributed by atoms with E-state index < -0.39 is 5.97 Å². The lowest BCUT2D eigenvalue weighted by atomic mass is 10.1. The average molecular weight is 495 g/mol. The highest BCUT2D eigenvalue weighted by atomic mass is 35.5. The molecule has 0 fully saturated rings. The van der Waals surface area contributed by atoms with Gasteiger partial charge in [0, 0.05) is 39.8 Å². The van der Waals surface area contributed by atoms with E-state index in [0.29, 0.717) is 51.8 Å². The van der Waals surface area contributed by atoms with Crippen LogP contribution >= 0.6 is 34.8 Å². The van der Waals surface area contributed by atoms with Crippen molar-refractivity contribution in [1.29, 1.82) is 0 Å². The molecule has 3 rings (SSSR count). The third-order valence-corrected chi connectivity index (χ3v) is 5.75. The first-order valence-corrected chi connectivity index (χ1v) is 11.1. The van der Waals surface area contributed by atoms with Crippen LogP contribution in [0, 0.1) is 0 Å². The summed E-state index contributed by atoms with van der Waals surface area (Å²) in [7, 11) is 0. The van der Waals surface area contributed by atoms with Crippen molar-refractivity contribution in [3.8, 4) is 11.5 Å². The number of halogens is 3. The minimum absolute atomic E-state index is 0.179. The molecule has 3 aromatic carbocycles. The Kier molecular flexibility index (Phi) is 8.65. The largest absolute Gasteiger partial charge is 0.490 e. The number of nitrogens with one attached hydrogen (secondary N) is 1. The van der Waals surface area contributed by atoms with E-state index in [1.807, 2.05) is 13.0 Å². The summed E-state index contributed by atoms with van der Waals surface area (Å²) < 4.78 is 11.7. The van der Waals surface area contributed by atoms with Crippen LogP contribution in [-0.4, -0.2) is 17.7 Å². The Labute approximate surface area is 201 Å². The Bertz CT molecular complexity index is 1070. The van der Waals surface area contributed by atoms with Gasteiger partial charge in [-0.15, -0.1) is 0 Å². The number of carbonyl (C=O) groups is 1. The minimum atomic E-state index is -0.945. The van der Waals surface area contributed by atoms with Crippen LogP contribution in [0.1, 0.15) is 34.0 Å². The highest BCUT2D eigenvalue weighted by Gasteiger charge is 2.13. The van der Waals surface area contributed by atoms with Gasteiger partial charge in [-0.05, 0) is 48.4 Å². The molecule has 2 N–H and O–H groups in total. The highest BCUT2D eigenvalue weighted by molar-refractivity contribution is 6.36. The van der Waals surface area contributed by atoms with E-state index in [0.717, 1.165) is 11.1 Å². The molecule has 3 aromatic rings. The summed E-state index contributed by atoms with van der Waals surface area (Å²) in [5, 5.41) is 13.9. The van der Waals surface area contributed by atoms with Crippen molar-refractivity contribution in [3.63, 3.8) is 0 Å². The van der Waals surface area contributed by atoms with Gasteiger partial charge in [0.1, 0.15) is 6.61 Å². The molecule has 5 nitrogen and oxygen atoms in total. The summed E-state index contributed by atoms with van der Waals surface area (Å²) >= 11 is 18.9. The fraction of sp³-hybridized carbons (Fsp3) is 0.208. The molecule has 0 bridgehead atoms. The quantitative estimate of drug-likeness (QED) is 0.332. The molecule has 8 heteroatoms. The first-order chi connectivity index (χ1) is 15.4. The number of rotatable bonds is 10. The zero-order chi connectivity index (χ0) is 23.1. The lowest BCUT2D eigenvalue weighted by molar-refractivity contribution is 0.0697. The molecule has 168 valence electrons. The van der Waals surface area contributed by atoms with Gasteiger partial charge in [0.15, 0.2) is 11.5 Å². The molecule has 0 atom stereocenters. The van der Waals surface area contributed by atoms with Gasteiger partial charge in [-0.3, -0.25) is 0 Å². The molecule has 0 heterocycles. The summed E-state index contributed by atoms with van der Waals surface area (Å²) in [4.78, 5) is 11.0. The maximum atomic E-state index is 11.0. The SMILES string of the molecule is CCOc1cc(CNCc2ccc(C(=O)O)cc2)c(Cl)cc1OCc1c(Cl)cccc1Cl. The molecule has 0 saturated carbocycles. The summed E-state index contributed by atoms with van der Waals surface area (Å²) in [5.74, 6) is 0.127. The number of hydrogen-bond acceptors (Lipinski definition) is 4. The van der Waals surface area contributed by atoms with Crippen LogP contribution in [0.25, 0.3) is 0 Å². The molecule has 0 saturated heterocycles. The standard InChI is InChI=1S/C24H22Cl3NO4/c1-2-31-22-10-17(13-28-12-15-6-8-16(9-7-15)24(29)30)21(27)11-23(22)32-14-18-19(25)4-3-5-20(18)26/h3-11,28H,2,12-14H2,1H3,(H,29,30). The maximum absolute atomic E-state index is 11.0. The van der Waals surface area contributed by atoms with Gasteiger partial charge in [0.25, 0.3) is 0 Å². The van der Waals surface area contributed by atoms with Gasteiger partial charge in [0.05, 0.1) is 12.2 Å². The predicted molar refractivity (Wildman–Crippen MR) is 127 cm³/mol. The highest BCUT2D eigenvalue weighted by Crippen LogP contribution is 2.35. The van der Waals surface area contributed by atoms with Crippen molar-refractivity contribution in [2.75, 3.05) is 6.61 Å². The van der Waals surface area contributed by atoms with E-state index in [2.05, 4.69) is 5.32 Å². The molecule has 0 unspecified atom stereocenters. The van der Waals surface area contributed by atoms with Gasteiger partial charge in [0.2, 0.25) is 0 Å². The minimum Gasteiger partial charge on any atom is -0.490 e. The van der Waals surface area contributed by atoms with Gasteiger partial charge < -0.3 is 19.9 Å². The predicted octanol–water partition coefficient (Wildman–Crippen LogP) is 6.61. The molecule has 0 aliphatic rings. The van der Waals surface area contributed by atoms with Crippen molar-refractivity contribution >= 4 is 40.8 Å². The van der Waals surface area contributed by atoms with Crippen LogP contribution in [0.4, 0.5) is 0 Å². The zero-order valence-electron chi connectivity index (χ0n) is 17.3. The fourth-order valence-corrected chi connectivity index (χ4v) is 3.75. The van der Waals surface area contributed by atoms with Crippen molar-refractivity contribution in [2.24, 2.45) is 0 Å². The number of ether oxygens (including phenoxy) is 2. The van der Waals surface area contributed by atoms with Crippen LogP contribution in [0.3, 0.4) is 0 Å². The maximum Gasteiger partial charge on any atom is 0.335 e. The third kappa shape index (κ3) is 6.30. The third-order valence-electron chi connectivity index (χ3n) is 4.69. The lowest BCUT2D eigenvalue weighted by Gasteiger charge is -2.16. The number of hydrogen-bond donors (Lipinski definition) is 2. The van der Waals surface area contributed by atoms with E-state index in [1.165, 1.54) is 0 Å². The molecule has 0 amide bonds. The molecule has 32 heavy (non-hydrogen) atoms. The Balaban J connectivity index is 1.68. The number of carboxylic acid groups (broad SMARTS) is 1. The van der Waals surface area contributed by atoms with Crippen molar-refractivity contribution < 1.29 is 19.4 Å². The lowest BCUT2D eigenvalue weighted by Crippen LogP contribution is -2.13. The van der Waals surface area contributed by atoms with E-state index in [4.69, 9.17) is 49.4 Å². The zero-order valence-corrected chi connectivity index (χ0v) is 19.6. The molecular formula is C24H22Cl3NO4. The number of benzene rings is 3. The Hall–Kier alpha value is -2.44.